The fraction of sp³-hybridized carbons (Fsp3) is 0.182. The fourth-order valence-corrected chi connectivity index (χ4v) is 4.50. The molecule has 0 bridgehead atoms. The molecule has 1 N–H and O–H groups in total. The third kappa shape index (κ3) is 3.98. The van der Waals surface area contributed by atoms with Gasteiger partial charge in [0.1, 0.15) is 10.8 Å². The Kier molecular flexibility index (Phi) is 5.12. The van der Waals surface area contributed by atoms with Gasteiger partial charge in [0.25, 0.3) is 5.91 Å². The van der Waals surface area contributed by atoms with Crippen molar-refractivity contribution in [1.29, 1.82) is 0 Å². The summed E-state index contributed by atoms with van der Waals surface area (Å²) in [5.74, 6) is -0.395. The molecule has 4 rings (SSSR count). The first-order valence-electron chi connectivity index (χ1n) is 9.01. The maximum Gasteiger partial charge on any atom is 0.259 e. The normalized spacial score (nSPS) is 13.5. The van der Waals surface area contributed by atoms with Gasteiger partial charge < -0.3 is 5.32 Å². The molecule has 5 heteroatoms. The Bertz CT molecular complexity index is 978. The minimum atomic E-state index is -0.276. The van der Waals surface area contributed by atoms with Crippen molar-refractivity contribution in [2.45, 2.75) is 25.7 Å². The van der Waals surface area contributed by atoms with Gasteiger partial charge in [0.2, 0.25) is 0 Å². The predicted octanol–water partition coefficient (Wildman–Crippen LogP) is 5.77. The lowest BCUT2D eigenvalue weighted by molar-refractivity contribution is 0.102. The van der Waals surface area contributed by atoms with Crippen LogP contribution in [0.5, 0.6) is 0 Å². The lowest BCUT2D eigenvalue weighted by Gasteiger charge is -2.12. The lowest BCUT2D eigenvalue weighted by Crippen LogP contribution is -2.14. The van der Waals surface area contributed by atoms with Gasteiger partial charge in [0, 0.05) is 16.8 Å². The Morgan fingerprint density at radius 1 is 1.04 bits per heavy atom. The molecule has 0 atom stereocenters. The minimum absolute atomic E-state index is 0.119. The standard InChI is InChI=1S/C22H19FN2OS/c23-16-12-10-15(11-13-16)14-24-22-20(18-8-4-5-9-19(18)27-22)21(26)25-17-6-2-1-3-7-17/h1-3,6-7,10-14H,4-5,8-9H2,(H,25,26). The number of benzene rings is 2. The number of para-hydroxylation sites is 1. The summed E-state index contributed by atoms with van der Waals surface area (Å²) in [6, 6.07) is 15.6. The molecule has 0 aliphatic heterocycles. The number of aryl methyl sites for hydroxylation is 1. The average molecular weight is 378 g/mol. The van der Waals surface area contributed by atoms with Crippen LogP contribution in [0.3, 0.4) is 0 Å². The monoisotopic (exact) mass is 378 g/mol. The number of nitrogens with one attached hydrogen (secondary N) is 1. The van der Waals surface area contributed by atoms with Gasteiger partial charge >= 0.3 is 0 Å². The van der Waals surface area contributed by atoms with Crippen LogP contribution in [0, 0.1) is 5.82 Å². The molecule has 1 aromatic heterocycles. The molecule has 0 saturated carbocycles. The smallest absolute Gasteiger partial charge is 0.259 e. The SMILES string of the molecule is O=C(Nc1ccccc1)c1c(N=Cc2ccc(F)cc2)sc2c1CCCC2. The first-order valence-corrected chi connectivity index (χ1v) is 9.83. The van der Waals surface area contributed by atoms with Crippen LogP contribution in [0.2, 0.25) is 0 Å². The van der Waals surface area contributed by atoms with E-state index < -0.39 is 0 Å². The summed E-state index contributed by atoms with van der Waals surface area (Å²) in [5.41, 5.74) is 3.38. The van der Waals surface area contributed by atoms with Gasteiger partial charge in [-0.2, -0.15) is 0 Å². The summed E-state index contributed by atoms with van der Waals surface area (Å²) in [7, 11) is 0. The number of carbonyl (C=O) groups is 1. The molecule has 3 aromatic rings. The Morgan fingerprint density at radius 3 is 2.56 bits per heavy atom. The van der Waals surface area contributed by atoms with Crippen molar-refractivity contribution in [3.63, 3.8) is 0 Å². The van der Waals surface area contributed by atoms with Crippen LogP contribution in [-0.2, 0) is 12.8 Å². The van der Waals surface area contributed by atoms with E-state index in [1.807, 2.05) is 30.3 Å². The number of halogens is 1. The zero-order chi connectivity index (χ0) is 18.6. The van der Waals surface area contributed by atoms with E-state index in [1.165, 1.54) is 17.0 Å². The van der Waals surface area contributed by atoms with Crippen molar-refractivity contribution in [3.05, 3.63) is 82.0 Å². The van der Waals surface area contributed by atoms with Gasteiger partial charge in [-0.1, -0.05) is 30.3 Å². The van der Waals surface area contributed by atoms with Crippen LogP contribution in [0.25, 0.3) is 0 Å². The maximum absolute atomic E-state index is 13.1. The number of thiophene rings is 1. The molecular weight excluding hydrogens is 359 g/mol. The number of anilines is 1. The van der Waals surface area contributed by atoms with E-state index >= 15 is 0 Å². The van der Waals surface area contributed by atoms with Crippen LogP contribution in [0.1, 0.15) is 39.2 Å². The summed E-state index contributed by atoms with van der Waals surface area (Å²) < 4.78 is 13.1. The molecule has 1 aliphatic rings. The van der Waals surface area contributed by atoms with Crippen molar-refractivity contribution >= 4 is 34.1 Å². The van der Waals surface area contributed by atoms with Crippen LogP contribution >= 0.6 is 11.3 Å². The van der Waals surface area contributed by atoms with E-state index in [0.717, 1.165) is 47.5 Å². The molecule has 1 amide bonds. The molecule has 2 aromatic carbocycles. The third-order valence-corrected chi connectivity index (χ3v) is 5.81. The Hall–Kier alpha value is -2.79. The van der Waals surface area contributed by atoms with Crippen molar-refractivity contribution < 1.29 is 9.18 Å². The molecular formula is C22H19FN2OS. The van der Waals surface area contributed by atoms with Gasteiger partial charge in [0.05, 0.1) is 5.56 Å². The van der Waals surface area contributed by atoms with Crippen molar-refractivity contribution in [3.8, 4) is 0 Å². The second-order valence-electron chi connectivity index (χ2n) is 6.52. The van der Waals surface area contributed by atoms with Gasteiger partial charge in [-0.3, -0.25) is 4.79 Å². The Morgan fingerprint density at radius 2 is 1.78 bits per heavy atom. The number of hydrogen-bond donors (Lipinski definition) is 1. The lowest BCUT2D eigenvalue weighted by atomic mass is 9.95. The molecule has 3 nitrogen and oxygen atoms in total. The molecule has 0 spiro atoms. The summed E-state index contributed by atoms with van der Waals surface area (Å²) in [6.07, 6.45) is 5.84. The second-order valence-corrected chi connectivity index (χ2v) is 7.60. The quantitative estimate of drug-likeness (QED) is 0.575. The maximum atomic E-state index is 13.1. The van der Waals surface area contributed by atoms with Crippen molar-refractivity contribution in [1.82, 2.24) is 0 Å². The minimum Gasteiger partial charge on any atom is -0.322 e. The van der Waals surface area contributed by atoms with Crippen LogP contribution in [0.4, 0.5) is 15.1 Å². The van der Waals surface area contributed by atoms with E-state index in [9.17, 15) is 9.18 Å². The highest BCUT2D eigenvalue weighted by atomic mass is 32.1. The fourth-order valence-electron chi connectivity index (χ4n) is 3.27. The number of aliphatic imine (C=N–C) groups is 1. The van der Waals surface area contributed by atoms with Crippen LogP contribution in [0.15, 0.2) is 59.6 Å². The molecule has 0 radical (unpaired) electrons. The molecule has 0 unspecified atom stereocenters. The molecule has 1 aliphatic carbocycles. The predicted molar refractivity (Wildman–Crippen MR) is 109 cm³/mol. The first kappa shape index (κ1) is 17.6. The topological polar surface area (TPSA) is 41.5 Å². The zero-order valence-electron chi connectivity index (χ0n) is 14.7. The van der Waals surface area contributed by atoms with Gasteiger partial charge in [-0.15, -0.1) is 11.3 Å². The molecule has 0 saturated heterocycles. The van der Waals surface area contributed by atoms with Crippen molar-refractivity contribution in [2.75, 3.05) is 5.32 Å². The number of nitrogens with zero attached hydrogens (tertiary/aromatic N) is 1. The number of amides is 1. The Labute approximate surface area is 161 Å². The highest BCUT2D eigenvalue weighted by Crippen LogP contribution is 2.40. The average Bonchev–Trinajstić information content (AvgIpc) is 3.07. The molecule has 0 fully saturated rings. The van der Waals surface area contributed by atoms with Crippen molar-refractivity contribution in [2.24, 2.45) is 4.99 Å². The van der Waals surface area contributed by atoms with E-state index in [1.54, 1.807) is 29.7 Å². The van der Waals surface area contributed by atoms with Crippen LogP contribution < -0.4 is 5.32 Å². The van der Waals surface area contributed by atoms with Crippen LogP contribution in [-0.4, -0.2) is 12.1 Å². The van der Waals surface area contributed by atoms with Gasteiger partial charge in [0.15, 0.2) is 0 Å². The number of hydrogen-bond acceptors (Lipinski definition) is 3. The highest BCUT2D eigenvalue weighted by Gasteiger charge is 2.25. The highest BCUT2D eigenvalue weighted by molar-refractivity contribution is 7.16. The summed E-state index contributed by atoms with van der Waals surface area (Å²) in [5, 5.41) is 3.71. The summed E-state index contributed by atoms with van der Waals surface area (Å²) >= 11 is 1.59. The number of fused-ring (bicyclic) bond motifs is 1. The van der Waals surface area contributed by atoms with E-state index in [-0.39, 0.29) is 11.7 Å². The third-order valence-electron chi connectivity index (χ3n) is 4.61. The first-order chi connectivity index (χ1) is 13.2. The van der Waals surface area contributed by atoms with E-state index in [2.05, 4.69) is 10.3 Å². The number of carbonyl (C=O) groups excluding carboxylic acids is 1. The second kappa shape index (κ2) is 7.84. The number of rotatable bonds is 4. The largest absolute Gasteiger partial charge is 0.322 e. The summed E-state index contributed by atoms with van der Waals surface area (Å²) in [6.45, 7) is 0. The van der Waals surface area contributed by atoms with Gasteiger partial charge in [-0.25, -0.2) is 9.38 Å². The van der Waals surface area contributed by atoms with E-state index in [4.69, 9.17) is 0 Å². The molecule has 136 valence electrons. The molecule has 1 heterocycles. The summed E-state index contributed by atoms with van der Waals surface area (Å²) in [4.78, 5) is 18.8. The Balaban J connectivity index is 1.67. The molecule has 27 heavy (non-hydrogen) atoms. The van der Waals surface area contributed by atoms with Gasteiger partial charge in [-0.05, 0) is 61.1 Å². The van der Waals surface area contributed by atoms with E-state index in [0.29, 0.717) is 5.56 Å². The zero-order valence-corrected chi connectivity index (χ0v) is 15.6.